The zero-order valence-electron chi connectivity index (χ0n) is 29.4. The normalized spacial score (nSPS) is 24.1. The van der Waals surface area contributed by atoms with Crippen LogP contribution in [0.4, 0.5) is 10.5 Å². The van der Waals surface area contributed by atoms with Crippen molar-refractivity contribution in [1.29, 1.82) is 5.26 Å². The largest absolute Gasteiger partial charge is 0.489 e. The summed E-state index contributed by atoms with van der Waals surface area (Å²) in [6.07, 6.45) is -0.991. The number of rotatable bonds is 12. The maximum atomic E-state index is 14.1. The van der Waals surface area contributed by atoms with Crippen LogP contribution < -0.4 is 10.5 Å². The number of hydrogen-bond acceptors (Lipinski definition) is 10. The van der Waals surface area contributed by atoms with Crippen molar-refractivity contribution in [3.8, 4) is 11.8 Å². The fourth-order valence-electron chi connectivity index (χ4n) is 7.07. The van der Waals surface area contributed by atoms with Crippen LogP contribution in [0.15, 0.2) is 77.7 Å². The number of benzene rings is 3. The quantitative estimate of drug-likeness (QED) is 0.244. The summed E-state index contributed by atoms with van der Waals surface area (Å²) in [5, 5.41) is 9.21. The van der Waals surface area contributed by atoms with Crippen molar-refractivity contribution in [2.75, 3.05) is 32.0 Å². The molecule has 1 amide bonds. The number of hydrogen-bond donors (Lipinski definition) is 1. The number of carbonyl (C=O) groups is 1. The van der Waals surface area contributed by atoms with Crippen LogP contribution in [-0.2, 0) is 42.0 Å². The van der Waals surface area contributed by atoms with Crippen molar-refractivity contribution in [2.45, 2.75) is 82.3 Å². The molecule has 0 aliphatic carbocycles. The Morgan fingerprint density at radius 1 is 1.08 bits per heavy atom. The minimum atomic E-state index is -3.94. The lowest BCUT2D eigenvalue weighted by Crippen LogP contribution is -2.51. The molecule has 0 aromatic heterocycles. The molecule has 3 aliphatic heterocycles. The first-order valence-corrected chi connectivity index (χ1v) is 18.8. The number of sulfonamides is 1. The number of nitriles is 1. The van der Waals surface area contributed by atoms with E-state index in [1.807, 2.05) is 50.2 Å². The second kappa shape index (κ2) is 15.2. The highest BCUT2D eigenvalue weighted by atomic mass is 32.2. The van der Waals surface area contributed by atoms with Gasteiger partial charge >= 0.3 is 6.09 Å². The standard InChI is InChI=1S/C38H46N4O8S/c1-25(2)21-41(51(44,45)31-14-10-29(40)11-15-31)22-34-33(19-26-8-12-30(13-9-26)47-23-28-7-5-6-27(18-28)20-39)42(38(3,4)50-34)37(43)49-35-24-48-36-32(35)16-17-46-36/h5-15,18,25,32-36H,16-17,19,21-24,40H2,1-4H3/t32-,33-,34+,35+,36+/m0/s1. The van der Waals surface area contributed by atoms with Crippen LogP contribution in [0, 0.1) is 23.2 Å². The molecule has 0 unspecified atom stereocenters. The topological polar surface area (TPSA) is 154 Å². The summed E-state index contributed by atoms with van der Waals surface area (Å²) in [6, 6.07) is 22.5. The van der Waals surface area contributed by atoms with Gasteiger partial charge in [-0.2, -0.15) is 9.57 Å². The number of anilines is 1. The van der Waals surface area contributed by atoms with E-state index < -0.39 is 40.1 Å². The van der Waals surface area contributed by atoms with E-state index >= 15 is 0 Å². The van der Waals surface area contributed by atoms with E-state index in [4.69, 9.17) is 29.4 Å². The van der Waals surface area contributed by atoms with E-state index in [1.54, 1.807) is 43.0 Å². The molecule has 5 atom stereocenters. The van der Waals surface area contributed by atoms with Crippen molar-refractivity contribution >= 4 is 21.8 Å². The van der Waals surface area contributed by atoms with E-state index in [2.05, 4.69) is 6.07 Å². The lowest BCUT2D eigenvalue weighted by atomic mass is 9.99. The minimum Gasteiger partial charge on any atom is -0.489 e. The smallest absolute Gasteiger partial charge is 0.412 e. The second-order valence-corrected chi connectivity index (χ2v) is 16.2. The summed E-state index contributed by atoms with van der Waals surface area (Å²) in [5.41, 5.74) is 7.55. The second-order valence-electron chi connectivity index (χ2n) is 14.2. The summed E-state index contributed by atoms with van der Waals surface area (Å²) < 4.78 is 59.6. The molecule has 3 saturated heterocycles. The first-order chi connectivity index (χ1) is 24.3. The van der Waals surface area contributed by atoms with E-state index in [1.165, 1.54) is 16.4 Å². The summed E-state index contributed by atoms with van der Waals surface area (Å²) in [4.78, 5) is 15.9. The van der Waals surface area contributed by atoms with Crippen molar-refractivity contribution in [3.63, 3.8) is 0 Å². The van der Waals surface area contributed by atoms with E-state index in [-0.39, 0.29) is 42.7 Å². The Bertz CT molecular complexity index is 1830. The molecule has 51 heavy (non-hydrogen) atoms. The van der Waals surface area contributed by atoms with Crippen LogP contribution >= 0.6 is 0 Å². The van der Waals surface area contributed by atoms with Crippen molar-refractivity contribution in [1.82, 2.24) is 9.21 Å². The summed E-state index contributed by atoms with van der Waals surface area (Å²) >= 11 is 0. The molecular formula is C38H46N4O8S. The van der Waals surface area contributed by atoms with Gasteiger partial charge in [-0.3, -0.25) is 4.90 Å². The summed E-state index contributed by atoms with van der Waals surface area (Å²) in [6.45, 7) is 8.86. The number of nitrogens with zero attached hydrogens (tertiary/aromatic N) is 3. The fraction of sp³-hybridized carbons (Fsp3) is 0.474. The van der Waals surface area contributed by atoms with Crippen molar-refractivity contribution < 1.29 is 36.9 Å². The Labute approximate surface area is 300 Å². The molecule has 2 N–H and O–H groups in total. The molecule has 0 saturated carbocycles. The zero-order valence-corrected chi connectivity index (χ0v) is 30.3. The Morgan fingerprint density at radius 3 is 2.53 bits per heavy atom. The Balaban J connectivity index is 1.26. The van der Waals surface area contributed by atoms with E-state index in [0.29, 0.717) is 36.6 Å². The summed E-state index contributed by atoms with van der Waals surface area (Å²) in [7, 11) is -3.94. The van der Waals surface area contributed by atoms with Crippen LogP contribution in [0.5, 0.6) is 5.75 Å². The highest BCUT2D eigenvalue weighted by Gasteiger charge is 2.53. The monoisotopic (exact) mass is 718 g/mol. The van der Waals surface area contributed by atoms with Crippen LogP contribution in [0.2, 0.25) is 0 Å². The van der Waals surface area contributed by atoms with Gasteiger partial charge in [-0.25, -0.2) is 13.2 Å². The van der Waals surface area contributed by atoms with E-state index in [9.17, 15) is 18.5 Å². The van der Waals surface area contributed by atoms with Gasteiger partial charge < -0.3 is 29.4 Å². The maximum absolute atomic E-state index is 14.1. The van der Waals surface area contributed by atoms with Gasteiger partial charge in [0.05, 0.1) is 47.8 Å². The minimum absolute atomic E-state index is 0.0107. The highest BCUT2D eigenvalue weighted by Crippen LogP contribution is 2.39. The summed E-state index contributed by atoms with van der Waals surface area (Å²) in [5.74, 6) is 0.613. The van der Waals surface area contributed by atoms with Gasteiger partial charge in [0.25, 0.3) is 0 Å². The van der Waals surface area contributed by atoms with Crippen LogP contribution in [0.25, 0.3) is 0 Å². The van der Waals surface area contributed by atoms with Gasteiger partial charge in [-0.05, 0) is 92.3 Å². The van der Waals surface area contributed by atoms with E-state index in [0.717, 1.165) is 17.5 Å². The van der Waals surface area contributed by atoms with Crippen molar-refractivity contribution in [2.24, 2.45) is 11.8 Å². The molecule has 12 nitrogen and oxygen atoms in total. The van der Waals surface area contributed by atoms with Gasteiger partial charge in [0.1, 0.15) is 24.2 Å². The average molecular weight is 719 g/mol. The number of nitrogens with two attached hydrogens (primary N) is 1. The van der Waals surface area contributed by atoms with Crippen LogP contribution in [-0.4, -0.2) is 80.3 Å². The molecule has 3 heterocycles. The Kier molecular flexibility index (Phi) is 10.9. The molecular weight excluding hydrogens is 673 g/mol. The molecule has 0 bridgehead atoms. The Morgan fingerprint density at radius 2 is 1.82 bits per heavy atom. The third-order valence-corrected chi connectivity index (χ3v) is 11.4. The number of carbonyl (C=O) groups excluding carboxylic acids is 1. The number of amides is 1. The predicted octanol–water partition coefficient (Wildman–Crippen LogP) is 5.31. The molecule has 0 spiro atoms. The predicted molar refractivity (Wildman–Crippen MR) is 189 cm³/mol. The van der Waals surface area contributed by atoms with Crippen molar-refractivity contribution in [3.05, 3.63) is 89.5 Å². The van der Waals surface area contributed by atoms with Gasteiger partial charge in [0.2, 0.25) is 10.0 Å². The maximum Gasteiger partial charge on any atom is 0.412 e. The zero-order chi connectivity index (χ0) is 36.3. The van der Waals surface area contributed by atoms with Gasteiger partial charge in [0, 0.05) is 18.8 Å². The van der Waals surface area contributed by atoms with Crippen LogP contribution in [0.1, 0.15) is 50.8 Å². The molecule has 6 rings (SSSR count). The third-order valence-electron chi connectivity index (χ3n) is 9.51. The van der Waals surface area contributed by atoms with Gasteiger partial charge in [0.15, 0.2) is 6.29 Å². The SMILES string of the molecule is CC(C)CN(C[C@H]1OC(C)(C)N(C(=O)O[C@@H]2CO[C@H]3OCC[C@H]32)[C@H]1Cc1ccc(OCc2cccc(C#N)c2)cc1)S(=O)(=O)c1ccc(N)cc1. The molecule has 3 aromatic carbocycles. The molecule has 272 valence electrons. The van der Waals surface area contributed by atoms with Gasteiger partial charge in [-0.1, -0.05) is 38.1 Å². The van der Waals surface area contributed by atoms with Gasteiger partial charge in [-0.15, -0.1) is 0 Å². The average Bonchev–Trinajstić information content (AvgIpc) is 3.78. The number of nitrogen functional groups attached to an aromatic ring is 1. The fourth-order valence-corrected chi connectivity index (χ4v) is 8.69. The third kappa shape index (κ3) is 8.32. The molecule has 3 aromatic rings. The highest BCUT2D eigenvalue weighted by molar-refractivity contribution is 7.89. The molecule has 0 radical (unpaired) electrons. The Hall–Kier alpha value is -4.19. The first-order valence-electron chi connectivity index (χ1n) is 17.3. The number of ether oxygens (including phenoxy) is 5. The lowest BCUT2D eigenvalue weighted by Gasteiger charge is -2.34. The van der Waals surface area contributed by atoms with Crippen LogP contribution in [0.3, 0.4) is 0 Å². The lowest BCUT2D eigenvalue weighted by molar-refractivity contribution is -0.0911. The first kappa shape index (κ1) is 36.6. The molecule has 3 aliphatic rings. The molecule has 3 fully saturated rings. The molecule has 13 heteroatoms. The number of fused-ring (bicyclic) bond motifs is 1.